The summed E-state index contributed by atoms with van der Waals surface area (Å²) in [6.45, 7) is 5.90. The zero-order valence-electron chi connectivity index (χ0n) is 10.4. The van der Waals surface area contributed by atoms with Gasteiger partial charge in [-0.15, -0.1) is 0 Å². The number of hydrogen-bond acceptors (Lipinski definition) is 1. The fourth-order valence-electron chi connectivity index (χ4n) is 2.25. The maximum atomic E-state index is 12.3. The average molecular weight is 252 g/mol. The summed E-state index contributed by atoms with van der Waals surface area (Å²) < 4.78 is 0. The Morgan fingerprint density at radius 2 is 1.94 bits per heavy atom. The van der Waals surface area contributed by atoms with Crippen molar-refractivity contribution in [3.05, 3.63) is 34.3 Å². The van der Waals surface area contributed by atoms with Gasteiger partial charge in [0.15, 0.2) is 0 Å². The maximum absolute atomic E-state index is 12.3. The highest BCUT2D eigenvalue weighted by Gasteiger charge is 2.22. The smallest absolute Gasteiger partial charge is 0.255 e. The molecule has 2 nitrogen and oxygen atoms in total. The van der Waals surface area contributed by atoms with E-state index in [0.717, 1.165) is 31.5 Å². The highest BCUT2D eigenvalue weighted by Crippen LogP contribution is 2.28. The number of benzene rings is 1. The van der Waals surface area contributed by atoms with Gasteiger partial charge in [0.2, 0.25) is 0 Å². The summed E-state index contributed by atoms with van der Waals surface area (Å²) in [6.07, 6.45) is 2.21. The molecule has 1 aliphatic heterocycles. The van der Waals surface area contributed by atoms with E-state index >= 15 is 0 Å². The number of carbonyl (C=O) groups excluding carboxylic acids is 1. The first-order chi connectivity index (χ1) is 8.11. The molecule has 0 aliphatic carbocycles. The first-order valence-electron chi connectivity index (χ1n) is 6.19. The number of rotatable bonds is 2. The largest absolute Gasteiger partial charge is 0.339 e. The van der Waals surface area contributed by atoms with E-state index in [1.165, 1.54) is 0 Å². The van der Waals surface area contributed by atoms with Crippen LogP contribution in [0.15, 0.2) is 18.2 Å². The SMILES string of the molecule is CC(C)c1cccc(C(=O)N2CCCC2)c1Cl. The molecule has 1 fully saturated rings. The second-order valence-electron chi connectivity index (χ2n) is 4.86. The van der Waals surface area contributed by atoms with Crippen LogP contribution < -0.4 is 0 Å². The molecule has 1 aromatic rings. The van der Waals surface area contributed by atoms with Gasteiger partial charge in [0.25, 0.3) is 5.91 Å². The minimum Gasteiger partial charge on any atom is -0.339 e. The fourth-order valence-corrected chi connectivity index (χ4v) is 2.68. The Kier molecular flexibility index (Phi) is 3.72. The third-order valence-corrected chi connectivity index (χ3v) is 3.70. The molecule has 1 saturated heterocycles. The van der Waals surface area contributed by atoms with Crippen LogP contribution in [0, 0.1) is 0 Å². The minimum absolute atomic E-state index is 0.0787. The molecule has 0 spiro atoms. The Hall–Kier alpha value is -1.02. The molecule has 0 radical (unpaired) electrons. The van der Waals surface area contributed by atoms with Crippen LogP contribution >= 0.6 is 11.6 Å². The highest BCUT2D eigenvalue weighted by molar-refractivity contribution is 6.34. The van der Waals surface area contributed by atoms with Crippen LogP contribution in [-0.4, -0.2) is 23.9 Å². The predicted octanol–water partition coefficient (Wildman–Crippen LogP) is 3.70. The molecule has 0 unspecified atom stereocenters. The lowest BCUT2D eigenvalue weighted by Crippen LogP contribution is -2.28. The van der Waals surface area contributed by atoms with Gasteiger partial charge in [0.05, 0.1) is 10.6 Å². The molecule has 1 amide bonds. The van der Waals surface area contributed by atoms with Crippen molar-refractivity contribution in [2.24, 2.45) is 0 Å². The van der Waals surface area contributed by atoms with Crippen LogP contribution in [-0.2, 0) is 0 Å². The molecule has 0 saturated carbocycles. The van der Waals surface area contributed by atoms with Crippen LogP contribution in [0.4, 0.5) is 0 Å². The van der Waals surface area contributed by atoms with E-state index in [0.29, 0.717) is 16.5 Å². The number of likely N-dealkylation sites (tertiary alicyclic amines) is 1. The molecule has 1 aliphatic rings. The number of amides is 1. The van der Waals surface area contributed by atoms with Crippen molar-refractivity contribution in [3.8, 4) is 0 Å². The van der Waals surface area contributed by atoms with E-state index in [1.807, 2.05) is 23.1 Å². The fraction of sp³-hybridized carbons (Fsp3) is 0.500. The normalized spacial score (nSPS) is 15.6. The number of carbonyl (C=O) groups is 1. The summed E-state index contributed by atoms with van der Waals surface area (Å²) in [6, 6.07) is 5.74. The molecule has 0 N–H and O–H groups in total. The molecule has 0 aromatic heterocycles. The summed E-state index contributed by atoms with van der Waals surface area (Å²) in [5.41, 5.74) is 1.71. The number of nitrogens with zero attached hydrogens (tertiary/aromatic N) is 1. The van der Waals surface area contributed by atoms with Gasteiger partial charge in [-0.3, -0.25) is 4.79 Å². The Morgan fingerprint density at radius 1 is 1.29 bits per heavy atom. The minimum atomic E-state index is 0.0787. The van der Waals surface area contributed by atoms with Gasteiger partial charge in [-0.05, 0) is 30.4 Å². The van der Waals surface area contributed by atoms with Gasteiger partial charge >= 0.3 is 0 Å². The monoisotopic (exact) mass is 251 g/mol. The average Bonchev–Trinajstić information content (AvgIpc) is 2.81. The third-order valence-electron chi connectivity index (χ3n) is 3.27. The van der Waals surface area contributed by atoms with Crippen LogP contribution in [0.25, 0.3) is 0 Å². The van der Waals surface area contributed by atoms with Gasteiger partial charge in [-0.1, -0.05) is 37.6 Å². The van der Waals surface area contributed by atoms with Crippen molar-refractivity contribution in [2.45, 2.75) is 32.6 Å². The molecule has 2 rings (SSSR count). The highest BCUT2D eigenvalue weighted by atomic mass is 35.5. The second-order valence-corrected chi connectivity index (χ2v) is 5.24. The lowest BCUT2D eigenvalue weighted by molar-refractivity contribution is 0.0793. The summed E-state index contributed by atoms with van der Waals surface area (Å²) in [5, 5.41) is 0.624. The van der Waals surface area contributed by atoms with Gasteiger partial charge in [0.1, 0.15) is 0 Å². The molecule has 0 atom stereocenters. The van der Waals surface area contributed by atoms with Crippen LogP contribution in [0.1, 0.15) is 48.5 Å². The maximum Gasteiger partial charge on any atom is 0.255 e. The van der Waals surface area contributed by atoms with Crippen molar-refractivity contribution in [1.82, 2.24) is 4.90 Å². The van der Waals surface area contributed by atoms with E-state index in [4.69, 9.17) is 11.6 Å². The predicted molar refractivity (Wildman–Crippen MR) is 70.7 cm³/mol. The molecule has 92 valence electrons. The van der Waals surface area contributed by atoms with E-state index in [-0.39, 0.29) is 5.91 Å². The van der Waals surface area contributed by atoms with E-state index in [2.05, 4.69) is 13.8 Å². The Bertz CT molecular complexity index is 422. The molecular formula is C14H18ClNO. The molecule has 1 aromatic carbocycles. The molecule has 1 heterocycles. The quantitative estimate of drug-likeness (QED) is 0.785. The molecule has 17 heavy (non-hydrogen) atoms. The summed E-state index contributed by atoms with van der Waals surface area (Å²) in [5.74, 6) is 0.420. The Balaban J connectivity index is 2.31. The van der Waals surface area contributed by atoms with Gasteiger partial charge < -0.3 is 4.90 Å². The van der Waals surface area contributed by atoms with E-state index in [9.17, 15) is 4.79 Å². The van der Waals surface area contributed by atoms with Crippen molar-refractivity contribution in [1.29, 1.82) is 0 Å². The van der Waals surface area contributed by atoms with Crippen molar-refractivity contribution >= 4 is 17.5 Å². The summed E-state index contributed by atoms with van der Waals surface area (Å²) in [4.78, 5) is 14.2. The number of halogens is 1. The van der Waals surface area contributed by atoms with Crippen molar-refractivity contribution < 1.29 is 4.79 Å². The van der Waals surface area contributed by atoms with Gasteiger partial charge in [-0.2, -0.15) is 0 Å². The first-order valence-corrected chi connectivity index (χ1v) is 6.56. The summed E-state index contributed by atoms with van der Waals surface area (Å²) in [7, 11) is 0. The topological polar surface area (TPSA) is 20.3 Å². The Morgan fingerprint density at radius 3 is 2.53 bits per heavy atom. The first kappa shape index (κ1) is 12.4. The zero-order valence-corrected chi connectivity index (χ0v) is 11.1. The standard InChI is InChI=1S/C14H18ClNO/c1-10(2)11-6-5-7-12(13(11)15)14(17)16-8-3-4-9-16/h5-7,10H,3-4,8-9H2,1-2H3. The molecule has 0 bridgehead atoms. The third kappa shape index (κ3) is 2.47. The number of hydrogen-bond donors (Lipinski definition) is 0. The van der Waals surface area contributed by atoms with E-state index < -0.39 is 0 Å². The van der Waals surface area contributed by atoms with Crippen molar-refractivity contribution in [3.63, 3.8) is 0 Å². The van der Waals surface area contributed by atoms with Crippen LogP contribution in [0.2, 0.25) is 5.02 Å². The lowest BCUT2D eigenvalue weighted by atomic mass is 10.00. The van der Waals surface area contributed by atoms with E-state index in [1.54, 1.807) is 0 Å². The summed E-state index contributed by atoms with van der Waals surface area (Å²) >= 11 is 6.33. The van der Waals surface area contributed by atoms with Gasteiger partial charge in [0, 0.05) is 13.1 Å². The van der Waals surface area contributed by atoms with Crippen molar-refractivity contribution in [2.75, 3.05) is 13.1 Å². The van der Waals surface area contributed by atoms with Crippen LogP contribution in [0.5, 0.6) is 0 Å². The second kappa shape index (κ2) is 5.09. The van der Waals surface area contributed by atoms with Gasteiger partial charge in [-0.25, -0.2) is 0 Å². The molecular weight excluding hydrogens is 234 g/mol. The lowest BCUT2D eigenvalue weighted by Gasteiger charge is -2.18. The Labute approximate surface area is 108 Å². The van der Waals surface area contributed by atoms with Crippen LogP contribution in [0.3, 0.4) is 0 Å². The molecule has 3 heteroatoms. The zero-order chi connectivity index (χ0) is 12.4.